The Bertz CT molecular complexity index is 517. The summed E-state index contributed by atoms with van der Waals surface area (Å²) in [4.78, 5) is 16.4. The summed E-state index contributed by atoms with van der Waals surface area (Å²) in [6.07, 6.45) is 0. The van der Waals surface area contributed by atoms with Crippen LogP contribution in [0, 0.1) is 6.92 Å². The second-order valence-electron chi connectivity index (χ2n) is 6.59. The van der Waals surface area contributed by atoms with Gasteiger partial charge in [-0.3, -0.25) is 0 Å². The molecule has 1 aliphatic rings. The molecule has 5 heteroatoms. The third kappa shape index (κ3) is 4.37. The van der Waals surface area contributed by atoms with Gasteiger partial charge in [0.05, 0.1) is 0 Å². The molecular weight excluding hydrogens is 330 g/mol. The van der Waals surface area contributed by atoms with Gasteiger partial charge < -0.3 is 15.1 Å². The number of carbonyl (C=O) groups is 1. The highest BCUT2D eigenvalue weighted by atomic mass is 79.9. The quantitative estimate of drug-likeness (QED) is 0.839. The first kappa shape index (κ1) is 16.1. The molecule has 0 bridgehead atoms. The molecule has 1 aliphatic heterocycles. The number of benzene rings is 1. The zero-order valence-corrected chi connectivity index (χ0v) is 14.8. The Kier molecular flexibility index (Phi) is 4.81. The van der Waals surface area contributed by atoms with Crippen LogP contribution in [0.25, 0.3) is 0 Å². The van der Waals surface area contributed by atoms with Crippen molar-refractivity contribution in [2.45, 2.75) is 33.2 Å². The smallest absolute Gasteiger partial charge is 0.317 e. The molecule has 0 spiro atoms. The summed E-state index contributed by atoms with van der Waals surface area (Å²) in [6, 6.07) is 6.44. The minimum absolute atomic E-state index is 0.0362. The lowest BCUT2D eigenvalue weighted by Crippen LogP contribution is -2.55. The molecule has 0 saturated carbocycles. The molecule has 0 atom stereocenters. The molecule has 0 unspecified atom stereocenters. The van der Waals surface area contributed by atoms with E-state index in [0.29, 0.717) is 0 Å². The Labute approximate surface area is 135 Å². The Morgan fingerprint density at radius 2 is 1.81 bits per heavy atom. The number of anilines is 1. The van der Waals surface area contributed by atoms with Gasteiger partial charge in [0, 0.05) is 41.9 Å². The van der Waals surface area contributed by atoms with Gasteiger partial charge in [0.25, 0.3) is 0 Å². The number of urea groups is 1. The fraction of sp³-hybridized carbons (Fsp3) is 0.562. The summed E-state index contributed by atoms with van der Waals surface area (Å²) in [5.74, 6) is 0. The topological polar surface area (TPSA) is 35.6 Å². The molecule has 0 aromatic heterocycles. The second kappa shape index (κ2) is 6.26. The Morgan fingerprint density at radius 1 is 1.19 bits per heavy atom. The maximum Gasteiger partial charge on any atom is 0.317 e. The van der Waals surface area contributed by atoms with Gasteiger partial charge in [-0.1, -0.05) is 15.9 Å². The van der Waals surface area contributed by atoms with Gasteiger partial charge in [0.15, 0.2) is 0 Å². The van der Waals surface area contributed by atoms with E-state index in [0.717, 1.165) is 30.7 Å². The number of amides is 2. The van der Waals surface area contributed by atoms with Gasteiger partial charge in [-0.05, 0) is 51.5 Å². The van der Waals surface area contributed by atoms with Gasteiger partial charge in [-0.15, -0.1) is 0 Å². The number of nitrogens with one attached hydrogen (secondary N) is 1. The fourth-order valence-corrected chi connectivity index (χ4v) is 2.64. The maximum absolute atomic E-state index is 12.1. The number of carbonyl (C=O) groups excluding carboxylic acids is 1. The SMILES string of the molecule is Cc1cc(N2CCN(C(=O)NC(C)(C)C)CC2)ccc1Br. The second-order valence-corrected chi connectivity index (χ2v) is 7.44. The first-order chi connectivity index (χ1) is 9.76. The van der Waals surface area contributed by atoms with E-state index < -0.39 is 0 Å². The Morgan fingerprint density at radius 3 is 2.33 bits per heavy atom. The number of nitrogens with zero attached hydrogens (tertiary/aromatic N) is 2. The summed E-state index contributed by atoms with van der Waals surface area (Å²) in [6.45, 7) is 11.4. The van der Waals surface area contributed by atoms with Crippen LogP contribution in [0.3, 0.4) is 0 Å². The predicted octanol–water partition coefficient (Wildman–Crippen LogP) is 3.39. The van der Waals surface area contributed by atoms with Crippen LogP contribution >= 0.6 is 15.9 Å². The van der Waals surface area contributed by atoms with Crippen LogP contribution < -0.4 is 10.2 Å². The number of rotatable bonds is 1. The largest absolute Gasteiger partial charge is 0.368 e. The molecule has 2 rings (SSSR count). The van der Waals surface area contributed by atoms with Crippen molar-refractivity contribution in [2.24, 2.45) is 0 Å². The van der Waals surface area contributed by atoms with E-state index in [-0.39, 0.29) is 11.6 Å². The highest BCUT2D eigenvalue weighted by Gasteiger charge is 2.24. The zero-order valence-electron chi connectivity index (χ0n) is 13.2. The van der Waals surface area contributed by atoms with Crippen LogP contribution in [0.4, 0.5) is 10.5 Å². The molecule has 1 N–H and O–H groups in total. The van der Waals surface area contributed by atoms with Crippen LogP contribution in [0.1, 0.15) is 26.3 Å². The lowest BCUT2D eigenvalue weighted by molar-refractivity contribution is 0.185. The summed E-state index contributed by atoms with van der Waals surface area (Å²) >= 11 is 3.53. The summed E-state index contributed by atoms with van der Waals surface area (Å²) in [7, 11) is 0. The van der Waals surface area contributed by atoms with E-state index in [1.54, 1.807) is 0 Å². The third-order valence-corrected chi connectivity index (χ3v) is 4.45. The number of hydrogen-bond acceptors (Lipinski definition) is 2. The van der Waals surface area contributed by atoms with Crippen molar-refractivity contribution in [2.75, 3.05) is 31.1 Å². The van der Waals surface area contributed by atoms with Gasteiger partial charge in [0.2, 0.25) is 0 Å². The van der Waals surface area contributed by atoms with Gasteiger partial charge in [-0.25, -0.2) is 4.79 Å². The minimum Gasteiger partial charge on any atom is -0.368 e. The maximum atomic E-state index is 12.1. The summed E-state index contributed by atoms with van der Waals surface area (Å²) in [5.41, 5.74) is 2.28. The van der Waals surface area contributed by atoms with E-state index in [4.69, 9.17) is 0 Å². The normalized spacial score (nSPS) is 16.0. The van der Waals surface area contributed by atoms with Crippen molar-refractivity contribution >= 4 is 27.6 Å². The van der Waals surface area contributed by atoms with Crippen LogP contribution in [0.5, 0.6) is 0 Å². The first-order valence-corrected chi connectivity index (χ1v) is 8.14. The van der Waals surface area contributed by atoms with Crippen molar-refractivity contribution in [1.29, 1.82) is 0 Å². The van der Waals surface area contributed by atoms with E-state index in [2.05, 4.69) is 51.3 Å². The van der Waals surface area contributed by atoms with Crippen LogP contribution in [-0.4, -0.2) is 42.6 Å². The third-order valence-electron chi connectivity index (χ3n) is 3.56. The Balaban J connectivity index is 1.94. The van der Waals surface area contributed by atoms with Crippen LogP contribution in [0.15, 0.2) is 22.7 Å². The van der Waals surface area contributed by atoms with E-state index in [9.17, 15) is 4.79 Å². The lowest BCUT2D eigenvalue weighted by atomic mass is 10.1. The van der Waals surface area contributed by atoms with Crippen molar-refractivity contribution in [1.82, 2.24) is 10.2 Å². The predicted molar refractivity (Wildman–Crippen MR) is 90.9 cm³/mol. The number of piperazine rings is 1. The molecule has 4 nitrogen and oxygen atoms in total. The number of halogens is 1. The molecule has 1 aromatic rings. The molecule has 1 aromatic carbocycles. The average Bonchev–Trinajstić information content (AvgIpc) is 2.40. The van der Waals surface area contributed by atoms with E-state index in [1.165, 1.54) is 11.3 Å². The molecule has 0 aliphatic carbocycles. The highest BCUT2D eigenvalue weighted by Crippen LogP contribution is 2.23. The van der Waals surface area contributed by atoms with Crippen molar-refractivity contribution in [3.63, 3.8) is 0 Å². The first-order valence-electron chi connectivity index (χ1n) is 7.34. The van der Waals surface area contributed by atoms with Crippen molar-refractivity contribution < 1.29 is 4.79 Å². The molecule has 0 radical (unpaired) electrons. The van der Waals surface area contributed by atoms with Crippen molar-refractivity contribution in [3.05, 3.63) is 28.2 Å². The van der Waals surface area contributed by atoms with Gasteiger partial charge in [-0.2, -0.15) is 0 Å². The zero-order chi connectivity index (χ0) is 15.6. The van der Waals surface area contributed by atoms with Gasteiger partial charge in [0.1, 0.15) is 0 Å². The molecule has 2 amide bonds. The lowest BCUT2D eigenvalue weighted by Gasteiger charge is -2.37. The molecule has 1 fully saturated rings. The average molecular weight is 354 g/mol. The molecule has 116 valence electrons. The molecular formula is C16H24BrN3O. The van der Waals surface area contributed by atoms with Crippen LogP contribution in [0.2, 0.25) is 0 Å². The molecule has 1 heterocycles. The Hall–Kier alpha value is -1.23. The standard InChI is InChI=1S/C16H24BrN3O/c1-12-11-13(5-6-14(12)17)19-7-9-20(10-8-19)15(21)18-16(2,3)4/h5-6,11H,7-10H2,1-4H3,(H,18,21). The van der Waals surface area contributed by atoms with Crippen LogP contribution in [-0.2, 0) is 0 Å². The summed E-state index contributed by atoms with van der Waals surface area (Å²) < 4.78 is 1.13. The molecule has 1 saturated heterocycles. The number of hydrogen-bond donors (Lipinski definition) is 1. The molecule has 21 heavy (non-hydrogen) atoms. The monoisotopic (exact) mass is 353 g/mol. The van der Waals surface area contributed by atoms with E-state index >= 15 is 0 Å². The minimum atomic E-state index is -0.183. The fourth-order valence-electron chi connectivity index (χ4n) is 2.39. The van der Waals surface area contributed by atoms with Crippen molar-refractivity contribution in [3.8, 4) is 0 Å². The highest BCUT2D eigenvalue weighted by molar-refractivity contribution is 9.10. The van der Waals surface area contributed by atoms with E-state index in [1.807, 2.05) is 25.7 Å². The van der Waals surface area contributed by atoms with Gasteiger partial charge >= 0.3 is 6.03 Å². The summed E-state index contributed by atoms with van der Waals surface area (Å²) in [5, 5.41) is 3.02. The number of aryl methyl sites for hydroxylation is 1.